The lowest BCUT2D eigenvalue weighted by Crippen LogP contribution is -2.29. The average Bonchev–Trinajstić information content (AvgIpc) is 3.37. The second-order valence-corrected chi connectivity index (χ2v) is 16.1. The summed E-state index contributed by atoms with van der Waals surface area (Å²) >= 11 is 0. The number of ether oxygens (including phenoxy) is 2. The maximum Gasteiger partial charge on any atom is 0.469 e. The van der Waals surface area contributed by atoms with Crippen LogP contribution in [0.15, 0.2) is 24.3 Å². The van der Waals surface area contributed by atoms with Crippen molar-refractivity contribution in [2.75, 3.05) is 13.2 Å². The Morgan fingerprint density at radius 3 is 2.04 bits per heavy atom. The van der Waals surface area contributed by atoms with E-state index in [1.165, 1.54) is 51.4 Å². The highest BCUT2D eigenvalue weighted by Crippen LogP contribution is 2.37. The molecule has 0 heterocycles. The Morgan fingerprint density at radius 1 is 0.788 bits per heavy atom. The van der Waals surface area contributed by atoms with Gasteiger partial charge in [-0.2, -0.15) is 0 Å². The standard InChI is InChI=1S/C40H73O11P/c1-4-6-17-23-33(41)27-28-36-35(37(42)29-38(36)43)24-19-15-16-21-26-40(45)51-34(31-50-52(46,47)48)30-49-39(44)25-20-14-12-10-8-7-9-11-13-18-22-32(3)5-2/h15,19,27-28,32-38,41-43H,4-14,16-18,20-26,29-31H2,1-3H3,(H2,46,47,48)/b19-15+,28-27+/t32?,33-,34+,35+,36+,37-,38+/m0/s1. The van der Waals surface area contributed by atoms with Crippen molar-refractivity contribution in [3.63, 3.8) is 0 Å². The maximum atomic E-state index is 12.5. The zero-order valence-electron chi connectivity index (χ0n) is 32.5. The van der Waals surface area contributed by atoms with Crippen LogP contribution in [-0.4, -0.2) is 74.7 Å². The Kier molecular flexibility index (Phi) is 27.7. The number of esters is 2. The Morgan fingerprint density at radius 2 is 1.40 bits per heavy atom. The van der Waals surface area contributed by atoms with Gasteiger partial charge >= 0.3 is 19.8 Å². The number of allylic oxidation sites excluding steroid dienone is 2. The highest BCUT2D eigenvalue weighted by Gasteiger charge is 2.39. The first kappa shape index (κ1) is 48.4. The largest absolute Gasteiger partial charge is 0.469 e. The van der Waals surface area contributed by atoms with E-state index >= 15 is 0 Å². The molecule has 0 bridgehead atoms. The van der Waals surface area contributed by atoms with E-state index in [-0.39, 0.29) is 37.7 Å². The van der Waals surface area contributed by atoms with Crippen molar-refractivity contribution in [1.82, 2.24) is 0 Å². The van der Waals surface area contributed by atoms with E-state index in [9.17, 15) is 29.5 Å². The number of carbonyl (C=O) groups is 2. The second kappa shape index (κ2) is 29.7. The lowest BCUT2D eigenvalue weighted by Gasteiger charge is -2.19. The van der Waals surface area contributed by atoms with Crippen LogP contribution in [0.4, 0.5) is 0 Å². The molecule has 0 aliphatic heterocycles. The van der Waals surface area contributed by atoms with Crippen molar-refractivity contribution in [2.45, 2.75) is 186 Å². The second-order valence-electron chi connectivity index (χ2n) is 14.8. The van der Waals surface area contributed by atoms with Crippen molar-refractivity contribution in [2.24, 2.45) is 17.8 Å². The number of phosphoric acid groups is 1. The third-order valence-corrected chi connectivity index (χ3v) is 10.6. The van der Waals surface area contributed by atoms with Gasteiger partial charge in [0, 0.05) is 25.2 Å². The molecule has 0 spiro atoms. The van der Waals surface area contributed by atoms with Gasteiger partial charge in [-0.3, -0.25) is 14.1 Å². The number of hydrogen-bond acceptors (Lipinski definition) is 9. The zero-order valence-corrected chi connectivity index (χ0v) is 33.3. The van der Waals surface area contributed by atoms with E-state index in [0.29, 0.717) is 32.1 Å². The Balaban J connectivity index is 2.33. The van der Waals surface area contributed by atoms with Crippen LogP contribution in [0, 0.1) is 17.8 Å². The molecule has 1 aliphatic carbocycles. The molecular weight excluding hydrogens is 687 g/mol. The van der Waals surface area contributed by atoms with Gasteiger partial charge in [0.25, 0.3) is 0 Å². The maximum absolute atomic E-state index is 12.5. The molecule has 12 heteroatoms. The van der Waals surface area contributed by atoms with Crippen LogP contribution in [0.25, 0.3) is 0 Å². The summed E-state index contributed by atoms with van der Waals surface area (Å²) in [5, 5.41) is 31.2. The molecule has 0 amide bonds. The van der Waals surface area contributed by atoms with Gasteiger partial charge in [-0.15, -0.1) is 0 Å². The van der Waals surface area contributed by atoms with Crippen molar-refractivity contribution in [1.29, 1.82) is 0 Å². The van der Waals surface area contributed by atoms with Crippen LogP contribution < -0.4 is 0 Å². The summed E-state index contributed by atoms with van der Waals surface area (Å²) < 4.78 is 26.3. The Hall–Kier alpha value is -1.59. The SMILES string of the molecule is CCCCC[C@H](O)/C=C/[C@@H]1[C@@H](C/C=C/CCCC(=O)O[C@H](COC(=O)CCCCCCCCCCCCC(C)CC)COP(=O)(O)O)[C@@H](O)C[C@H]1O. The first-order valence-corrected chi connectivity index (χ1v) is 21.8. The molecule has 1 rings (SSSR count). The van der Waals surface area contributed by atoms with Crippen LogP contribution in [0.1, 0.15) is 162 Å². The normalized spacial score (nSPS) is 21.2. The summed E-state index contributed by atoms with van der Waals surface area (Å²) in [4.78, 5) is 43.0. The van der Waals surface area contributed by atoms with Gasteiger partial charge in [-0.25, -0.2) is 4.57 Å². The van der Waals surface area contributed by atoms with Crippen LogP contribution in [0.3, 0.4) is 0 Å². The monoisotopic (exact) mass is 760 g/mol. The average molecular weight is 761 g/mol. The summed E-state index contributed by atoms with van der Waals surface area (Å²) in [6, 6.07) is 0. The predicted octanol–water partition coefficient (Wildman–Crippen LogP) is 8.25. The first-order chi connectivity index (χ1) is 24.9. The highest BCUT2D eigenvalue weighted by molar-refractivity contribution is 7.46. The van der Waals surface area contributed by atoms with Crippen LogP contribution >= 0.6 is 7.82 Å². The fourth-order valence-electron chi connectivity index (χ4n) is 6.58. The van der Waals surface area contributed by atoms with Gasteiger partial charge in [-0.1, -0.05) is 135 Å². The van der Waals surface area contributed by atoms with Gasteiger partial charge in [0.1, 0.15) is 6.61 Å². The van der Waals surface area contributed by atoms with E-state index in [2.05, 4.69) is 25.3 Å². The quantitative estimate of drug-likeness (QED) is 0.0193. The van der Waals surface area contributed by atoms with Gasteiger partial charge in [0.15, 0.2) is 6.10 Å². The lowest BCUT2D eigenvalue weighted by atomic mass is 9.89. The van der Waals surface area contributed by atoms with Crippen molar-refractivity contribution in [3.8, 4) is 0 Å². The number of hydrogen-bond donors (Lipinski definition) is 5. The van der Waals surface area contributed by atoms with Crippen molar-refractivity contribution >= 4 is 19.8 Å². The van der Waals surface area contributed by atoms with E-state index in [1.807, 2.05) is 18.2 Å². The molecule has 304 valence electrons. The van der Waals surface area contributed by atoms with Crippen LogP contribution in [0.2, 0.25) is 0 Å². The molecule has 0 aromatic carbocycles. The molecule has 1 aliphatic rings. The number of rotatable bonds is 32. The molecule has 0 aromatic heterocycles. The van der Waals surface area contributed by atoms with E-state index < -0.39 is 50.8 Å². The van der Waals surface area contributed by atoms with Gasteiger partial charge in [-0.05, 0) is 43.9 Å². The minimum Gasteiger partial charge on any atom is -0.462 e. The minimum absolute atomic E-state index is 0.0367. The fourth-order valence-corrected chi connectivity index (χ4v) is 6.94. The molecule has 11 nitrogen and oxygen atoms in total. The minimum atomic E-state index is -4.82. The molecule has 0 aromatic rings. The summed E-state index contributed by atoms with van der Waals surface area (Å²) in [6.45, 7) is 5.71. The molecule has 52 heavy (non-hydrogen) atoms. The molecule has 0 radical (unpaired) electrons. The molecular formula is C40H73O11P. The summed E-state index contributed by atoms with van der Waals surface area (Å²) in [5.74, 6) is -0.661. The van der Waals surface area contributed by atoms with E-state index in [1.54, 1.807) is 6.08 Å². The number of phosphoric ester groups is 1. The number of aliphatic hydroxyl groups is 3. The third-order valence-electron chi connectivity index (χ3n) is 10.1. The first-order valence-electron chi connectivity index (χ1n) is 20.3. The Labute approximate surface area is 314 Å². The molecule has 7 atom stereocenters. The predicted molar refractivity (Wildman–Crippen MR) is 204 cm³/mol. The summed E-state index contributed by atoms with van der Waals surface area (Å²) in [7, 11) is -4.82. The Bertz CT molecular complexity index is 1030. The van der Waals surface area contributed by atoms with E-state index in [0.717, 1.165) is 44.4 Å². The third kappa shape index (κ3) is 25.4. The van der Waals surface area contributed by atoms with Gasteiger partial charge < -0.3 is 34.6 Å². The van der Waals surface area contributed by atoms with Crippen molar-refractivity contribution < 1.29 is 53.3 Å². The molecule has 1 saturated carbocycles. The molecule has 0 saturated heterocycles. The lowest BCUT2D eigenvalue weighted by molar-refractivity contribution is -0.161. The molecule has 5 N–H and O–H groups in total. The highest BCUT2D eigenvalue weighted by atomic mass is 31.2. The summed E-state index contributed by atoms with van der Waals surface area (Å²) in [6.07, 6.45) is 24.2. The summed E-state index contributed by atoms with van der Waals surface area (Å²) in [5.41, 5.74) is 0. The zero-order chi connectivity index (χ0) is 38.6. The van der Waals surface area contributed by atoms with Gasteiger partial charge in [0.2, 0.25) is 0 Å². The molecule has 1 unspecified atom stereocenters. The number of unbranched alkanes of at least 4 members (excludes halogenated alkanes) is 12. The van der Waals surface area contributed by atoms with Crippen LogP contribution in [0.5, 0.6) is 0 Å². The smallest absolute Gasteiger partial charge is 0.462 e. The fraction of sp³-hybridized carbons (Fsp3) is 0.850. The van der Waals surface area contributed by atoms with Crippen molar-refractivity contribution in [3.05, 3.63) is 24.3 Å². The topological polar surface area (TPSA) is 180 Å². The van der Waals surface area contributed by atoms with Gasteiger partial charge in [0.05, 0.1) is 24.9 Å². The number of aliphatic hydroxyl groups excluding tert-OH is 3. The van der Waals surface area contributed by atoms with E-state index in [4.69, 9.17) is 19.3 Å². The van der Waals surface area contributed by atoms with Crippen LogP contribution in [-0.2, 0) is 28.2 Å². The molecule has 1 fully saturated rings. The number of carbonyl (C=O) groups excluding carboxylic acids is 2.